The van der Waals surface area contributed by atoms with Crippen LogP contribution in [0.3, 0.4) is 0 Å². The van der Waals surface area contributed by atoms with E-state index in [1.54, 1.807) is 0 Å². The van der Waals surface area contributed by atoms with Crippen molar-refractivity contribution in [1.29, 1.82) is 0 Å². The smallest absolute Gasteiger partial charge is 0.231 e. The molecule has 1 aromatic carbocycles. The highest BCUT2D eigenvalue weighted by atomic mass is 16.5. The zero-order valence-corrected chi connectivity index (χ0v) is 12.2. The second kappa shape index (κ2) is 7.05. The van der Waals surface area contributed by atoms with E-state index in [0.29, 0.717) is 24.4 Å². The number of hydrogen-bond acceptors (Lipinski definition) is 5. The van der Waals surface area contributed by atoms with Crippen molar-refractivity contribution in [2.24, 2.45) is 0 Å². The second-order valence-electron chi connectivity index (χ2n) is 4.74. The molecular formula is C15H21N3O2. The molecule has 20 heavy (non-hydrogen) atoms. The molecule has 0 aliphatic heterocycles. The SMILES string of the molecule is CCC(NC)C(C)c1nc(COc2ccccc2)no1. The molecule has 108 valence electrons. The topological polar surface area (TPSA) is 60.2 Å². The van der Waals surface area contributed by atoms with Gasteiger partial charge in [0.25, 0.3) is 0 Å². The van der Waals surface area contributed by atoms with E-state index in [1.807, 2.05) is 37.4 Å². The second-order valence-corrected chi connectivity index (χ2v) is 4.74. The summed E-state index contributed by atoms with van der Waals surface area (Å²) in [6.07, 6.45) is 1.01. The first-order valence-corrected chi connectivity index (χ1v) is 6.92. The average Bonchev–Trinajstić information content (AvgIpc) is 2.96. The van der Waals surface area contributed by atoms with Crippen molar-refractivity contribution in [3.05, 3.63) is 42.0 Å². The molecule has 0 spiro atoms. The molecular weight excluding hydrogens is 254 g/mol. The molecule has 0 bridgehead atoms. The summed E-state index contributed by atoms with van der Waals surface area (Å²) in [5.74, 6) is 2.20. The summed E-state index contributed by atoms with van der Waals surface area (Å²) in [4.78, 5) is 4.40. The van der Waals surface area contributed by atoms with Crippen LogP contribution in [0.5, 0.6) is 5.75 Å². The van der Waals surface area contributed by atoms with Crippen LogP contribution in [0.15, 0.2) is 34.9 Å². The molecule has 2 unspecified atom stereocenters. The first-order valence-electron chi connectivity index (χ1n) is 6.92. The monoisotopic (exact) mass is 275 g/mol. The van der Waals surface area contributed by atoms with Gasteiger partial charge in [0.15, 0.2) is 6.61 Å². The number of likely N-dealkylation sites (N-methyl/N-ethyl adjacent to an activating group) is 1. The fourth-order valence-electron chi connectivity index (χ4n) is 2.16. The van der Waals surface area contributed by atoms with Gasteiger partial charge in [0.1, 0.15) is 5.75 Å². The lowest BCUT2D eigenvalue weighted by Crippen LogP contribution is -2.30. The Morgan fingerprint density at radius 2 is 2.05 bits per heavy atom. The number of benzene rings is 1. The van der Waals surface area contributed by atoms with Crippen LogP contribution >= 0.6 is 0 Å². The van der Waals surface area contributed by atoms with Crippen LogP contribution in [-0.2, 0) is 6.61 Å². The third-order valence-electron chi connectivity index (χ3n) is 3.40. The maximum Gasteiger partial charge on any atom is 0.231 e. The fraction of sp³-hybridized carbons (Fsp3) is 0.467. The van der Waals surface area contributed by atoms with Crippen molar-refractivity contribution >= 4 is 0 Å². The predicted molar refractivity (Wildman–Crippen MR) is 76.6 cm³/mol. The minimum Gasteiger partial charge on any atom is -0.485 e. The average molecular weight is 275 g/mol. The molecule has 1 N–H and O–H groups in total. The Bertz CT molecular complexity index is 509. The van der Waals surface area contributed by atoms with Crippen molar-refractivity contribution in [2.75, 3.05) is 7.05 Å². The van der Waals surface area contributed by atoms with Gasteiger partial charge in [-0.15, -0.1) is 0 Å². The van der Waals surface area contributed by atoms with Gasteiger partial charge in [0.2, 0.25) is 11.7 Å². The molecule has 0 fully saturated rings. The molecule has 2 rings (SSSR count). The largest absolute Gasteiger partial charge is 0.485 e. The van der Waals surface area contributed by atoms with E-state index in [9.17, 15) is 0 Å². The van der Waals surface area contributed by atoms with Gasteiger partial charge in [-0.25, -0.2) is 0 Å². The van der Waals surface area contributed by atoms with Gasteiger partial charge < -0.3 is 14.6 Å². The van der Waals surface area contributed by atoms with Gasteiger partial charge in [0, 0.05) is 6.04 Å². The van der Waals surface area contributed by atoms with Crippen molar-refractivity contribution < 1.29 is 9.26 Å². The Kier molecular flexibility index (Phi) is 5.12. The molecule has 1 aromatic heterocycles. The highest BCUT2D eigenvalue weighted by molar-refractivity contribution is 5.20. The Hall–Kier alpha value is -1.88. The van der Waals surface area contributed by atoms with Gasteiger partial charge in [-0.05, 0) is 25.6 Å². The molecule has 0 radical (unpaired) electrons. The Morgan fingerprint density at radius 3 is 2.70 bits per heavy atom. The minimum atomic E-state index is 0.183. The number of aromatic nitrogens is 2. The van der Waals surface area contributed by atoms with Gasteiger partial charge in [-0.3, -0.25) is 0 Å². The number of para-hydroxylation sites is 1. The van der Waals surface area contributed by atoms with E-state index in [-0.39, 0.29) is 5.92 Å². The number of nitrogens with zero attached hydrogens (tertiary/aromatic N) is 2. The lowest BCUT2D eigenvalue weighted by molar-refractivity contribution is 0.281. The predicted octanol–water partition coefficient (Wildman–Crippen LogP) is 2.75. The lowest BCUT2D eigenvalue weighted by atomic mass is 10.00. The minimum absolute atomic E-state index is 0.183. The van der Waals surface area contributed by atoms with Crippen LogP contribution in [0.1, 0.15) is 37.9 Å². The summed E-state index contributed by atoms with van der Waals surface area (Å²) in [5, 5.41) is 7.22. The summed E-state index contributed by atoms with van der Waals surface area (Å²) in [6.45, 7) is 4.53. The van der Waals surface area contributed by atoms with Crippen LogP contribution in [0.2, 0.25) is 0 Å². The molecule has 5 nitrogen and oxygen atoms in total. The zero-order valence-electron chi connectivity index (χ0n) is 12.2. The van der Waals surface area contributed by atoms with Crippen molar-refractivity contribution in [1.82, 2.24) is 15.5 Å². The zero-order chi connectivity index (χ0) is 14.4. The van der Waals surface area contributed by atoms with Gasteiger partial charge in [0.05, 0.1) is 5.92 Å². The molecule has 0 aliphatic rings. The number of nitrogens with one attached hydrogen (secondary N) is 1. The van der Waals surface area contributed by atoms with E-state index >= 15 is 0 Å². The highest BCUT2D eigenvalue weighted by Crippen LogP contribution is 2.19. The van der Waals surface area contributed by atoms with Gasteiger partial charge in [-0.1, -0.05) is 37.2 Å². The fourth-order valence-corrected chi connectivity index (χ4v) is 2.16. The van der Waals surface area contributed by atoms with E-state index in [4.69, 9.17) is 9.26 Å². The molecule has 1 heterocycles. The first-order chi connectivity index (χ1) is 9.74. The highest BCUT2D eigenvalue weighted by Gasteiger charge is 2.21. The summed E-state index contributed by atoms with van der Waals surface area (Å²) >= 11 is 0. The summed E-state index contributed by atoms with van der Waals surface area (Å²) in [5.41, 5.74) is 0. The van der Waals surface area contributed by atoms with E-state index in [0.717, 1.165) is 12.2 Å². The lowest BCUT2D eigenvalue weighted by Gasteiger charge is -2.18. The molecule has 5 heteroatoms. The van der Waals surface area contributed by atoms with Crippen LogP contribution in [0.25, 0.3) is 0 Å². The van der Waals surface area contributed by atoms with Crippen LogP contribution < -0.4 is 10.1 Å². The van der Waals surface area contributed by atoms with Gasteiger partial charge >= 0.3 is 0 Å². The summed E-state index contributed by atoms with van der Waals surface area (Å²) < 4.78 is 10.9. The first kappa shape index (κ1) is 14.5. The molecule has 0 aliphatic carbocycles. The number of hydrogen-bond donors (Lipinski definition) is 1. The van der Waals surface area contributed by atoms with Crippen molar-refractivity contribution in [2.45, 2.75) is 38.8 Å². The number of ether oxygens (including phenoxy) is 1. The van der Waals surface area contributed by atoms with Crippen LogP contribution in [-0.4, -0.2) is 23.2 Å². The normalized spacial score (nSPS) is 13.9. The van der Waals surface area contributed by atoms with Crippen molar-refractivity contribution in [3.8, 4) is 5.75 Å². The molecule has 0 amide bonds. The molecule has 0 saturated carbocycles. The maximum atomic E-state index is 5.60. The maximum absolute atomic E-state index is 5.60. The molecule has 0 saturated heterocycles. The Morgan fingerprint density at radius 1 is 1.30 bits per heavy atom. The van der Waals surface area contributed by atoms with E-state index < -0.39 is 0 Å². The Balaban J connectivity index is 1.95. The molecule has 2 atom stereocenters. The third-order valence-corrected chi connectivity index (χ3v) is 3.40. The van der Waals surface area contributed by atoms with Crippen LogP contribution in [0, 0.1) is 0 Å². The van der Waals surface area contributed by atoms with E-state index in [1.165, 1.54) is 0 Å². The number of rotatable bonds is 7. The summed E-state index contributed by atoms with van der Waals surface area (Å²) in [6, 6.07) is 9.94. The third kappa shape index (κ3) is 3.57. The quantitative estimate of drug-likeness (QED) is 0.842. The van der Waals surface area contributed by atoms with E-state index in [2.05, 4.69) is 29.3 Å². The summed E-state index contributed by atoms with van der Waals surface area (Å²) in [7, 11) is 1.94. The van der Waals surface area contributed by atoms with Gasteiger partial charge in [-0.2, -0.15) is 4.98 Å². The standard InChI is InChI=1S/C15H21N3O2/c1-4-13(16-3)11(2)15-17-14(18-20-15)10-19-12-8-6-5-7-9-12/h5-9,11,13,16H,4,10H2,1-3H3. The Labute approximate surface area is 119 Å². The van der Waals surface area contributed by atoms with Crippen molar-refractivity contribution in [3.63, 3.8) is 0 Å². The molecule has 2 aromatic rings. The van der Waals surface area contributed by atoms with Crippen LogP contribution in [0.4, 0.5) is 0 Å².